The second kappa shape index (κ2) is 15.2. The molecule has 0 aliphatic heterocycles. The number of hydrogen-bond acceptors (Lipinski definition) is 5. The molecular formula is C37H37NO4. The van der Waals surface area contributed by atoms with E-state index < -0.39 is 0 Å². The zero-order chi connectivity index (χ0) is 29.7. The summed E-state index contributed by atoms with van der Waals surface area (Å²) >= 11 is 0. The molecule has 3 aromatic carbocycles. The molecule has 1 unspecified atom stereocenters. The highest BCUT2D eigenvalue weighted by atomic mass is 16.5. The first-order chi connectivity index (χ1) is 20.5. The molecule has 1 N–H and O–H groups in total. The number of benzene rings is 3. The molecule has 0 aliphatic carbocycles. The van der Waals surface area contributed by atoms with Crippen LogP contribution in [0.15, 0.2) is 138 Å². The van der Waals surface area contributed by atoms with Crippen LogP contribution in [0.3, 0.4) is 0 Å². The number of ether oxygens (including phenoxy) is 1. The number of aryl methyl sites for hydroxylation is 1. The van der Waals surface area contributed by atoms with Gasteiger partial charge in [0.05, 0.1) is 18.1 Å². The molecule has 0 aliphatic rings. The van der Waals surface area contributed by atoms with E-state index in [-0.39, 0.29) is 17.5 Å². The Morgan fingerprint density at radius 1 is 1.02 bits per heavy atom. The maximum atomic E-state index is 13.1. The van der Waals surface area contributed by atoms with Crippen LogP contribution < -0.4 is 0 Å². The van der Waals surface area contributed by atoms with Gasteiger partial charge < -0.3 is 14.3 Å². The number of aliphatic hydroxyl groups is 1. The van der Waals surface area contributed by atoms with Gasteiger partial charge in [-0.25, -0.2) is 4.98 Å². The van der Waals surface area contributed by atoms with Crippen molar-refractivity contribution < 1.29 is 19.1 Å². The van der Waals surface area contributed by atoms with Crippen molar-refractivity contribution >= 4 is 5.78 Å². The predicted molar refractivity (Wildman–Crippen MR) is 168 cm³/mol. The number of hydrogen-bond donors (Lipinski definition) is 1. The summed E-state index contributed by atoms with van der Waals surface area (Å²) in [7, 11) is 0. The highest BCUT2D eigenvalue weighted by Crippen LogP contribution is 2.24. The number of carbonyl (C=O) groups is 1. The van der Waals surface area contributed by atoms with E-state index in [4.69, 9.17) is 9.15 Å². The molecule has 1 heterocycles. The van der Waals surface area contributed by atoms with Crippen molar-refractivity contribution in [2.24, 2.45) is 5.92 Å². The molecule has 0 saturated carbocycles. The SMILES string of the molecule is C=C(O)C(C/C=C/C=C(\C=C/C)OCCc1nc(-c2ccccc2)oc1C)Cc1ccccc1C(=O)c1ccccc1. The zero-order valence-corrected chi connectivity index (χ0v) is 24.2. The number of aromatic nitrogens is 1. The largest absolute Gasteiger partial charge is 0.513 e. The van der Waals surface area contributed by atoms with Gasteiger partial charge in [0.1, 0.15) is 11.5 Å². The Bertz CT molecular complexity index is 1560. The van der Waals surface area contributed by atoms with Crippen molar-refractivity contribution in [1.82, 2.24) is 4.98 Å². The molecule has 0 saturated heterocycles. The average molecular weight is 560 g/mol. The molecule has 4 aromatic rings. The van der Waals surface area contributed by atoms with E-state index in [0.29, 0.717) is 42.9 Å². The third kappa shape index (κ3) is 8.31. The fourth-order valence-electron chi connectivity index (χ4n) is 4.62. The summed E-state index contributed by atoms with van der Waals surface area (Å²) in [6.07, 6.45) is 11.3. The molecule has 0 bridgehead atoms. The lowest BCUT2D eigenvalue weighted by molar-refractivity contribution is 0.103. The molecule has 0 amide bonds. The van der Waals surface area contributed by atoms with Gasteiger partial charge in [-0.15, -0.1) is 0 Å². The van der Waals surface area contributed by atoms with Crippen LogP contribution >= 0.6 is 0 Å². The van der Waals surface area contributed by atoms with E-state index in [9.17, 15) is 9.90 Å². The molecule has 1 atom stereocenters. The van der Waals surface area contributed by atoms with Gasteiger partial charge in [0, 0.05) is 29.0 Å². The fourth-order valence-corrected chi connectivity index (χ4v) is 4.62. The Labute approximate surface area is 248 Å². The van der Waals surface area contributed by atoms with E-state index >= 15 is 0 Å². The average Bonchev–Trinajstić information content (AvgIpc) is 3.39. The maximum Gasteiger partial charge on any atom is 0.226 e. The van der Waals surface area contributed by atoms with Crippen molar-refractivity contribution in [3.05, 3.63) is 162 Å². The van der Waals surface area contributed by atoms with Gasteiger partial charge in [-0.3, -0.25) is 4.79 Å². The number of oxazole rings is 1. The standard InChI is InChI=1S/C37H37NO4/c1-4-15-33(41-25-24-35-28(3)42-37(38-35)30-18-9-6-10-19-30)22-13-11-20-31(27(2)39)26-32-21-12-14-23-34(32)36(40)29-16-7-5-8-17-29/h4-19,21-23,31,39H,2,20,24-26H2,1,3H3/b13-11+,15-4-,33-22+. The quantitative estimate of drug-likeness (QED) is 0.0950. The first kappa shape index (κ1) is 30.1. The van der Waals surface area contributed by atoms with E-state index in [1.54, 1.807) is 0 Å². The number of carbonyl (C=O) groups excluding carboxylic acids is 1. The monoisotopic (exact) mass is 559 g/mol. The minimum Gasteiger partial charge on any atom is -0.513 e. The van der Waals surface area contributed by atoms with Crippen LogP contribution in [0.25, 0.3) is 11.5 Å². The number of nitrogens with zero attached hydrogens (tertiary/aromatic N) is 1. The van der Waals surface area contributed by atoms with E-state index in [1.165, 1.54) is 0 Å². The zero-order valence-electron chi connectivity index (χ0n) is 24.2. The highest BCUT2D eigenvalue weighted by molar-refractivity contribution is 6.09. The second-order valence-electron chi connectivity index (χ2n) is 9.96. The number of allylic oxidation sites excluding steroid dienone is 6. The molecule has 0 fully saturated rings. The Kier molecular flexibility index (Phi) is 10.9. The topological polar surface area (TPSA) is 72.6 Å². The Morgan fingerprint density at radius 3 is 2.43 bits per heavy atom. The van der Waals surface area contributed by atoms with Crippen molar-refractivity contribution in [1.29, 1.82) is 0 Å². The smallest absolute Gasteiger partial charge is 0.226 e. The molecule has 4 rings (SSSR count). The van der Waals surface area contributed by atoms with Crippen molar-refractivity contribution in [2.45, 2.75) is 33.1 Å². The predicted octanol–water partition coefficient (Wildman–Crippen LogP) is 8.78. The van der Waals surface area contributed by atoms with Gasteiger partial charge in [0.15, 0.2) is 5.78 Å². The summed E-state index contributed by atoms with van der Waals surface area (Å²) in [4.78, 5) is 17.8. The van der Waals surface area contributed by atoms with Crippen LogP contribution in [-0.2, 0) is 17.6 Å². The molecule has 0 radical (unpaired) electrons. The fraction of sp³-hybridized carbons (Fsp3) is 0.189. The minimum absolute atomic E-state index is 0.0303. The molecule has 5 nitrogen and oxygen atoms in total. The van der Waals surface area contributed by atoms with Crippen molar-refractivity contribution in [3.8, 4) is 11.5 Å². The van der Waals surface area contributed by atoms with Gasteiger partial charge in [-0.1, -0.05) is 97.6 Å². The van der Waals surface area contributed by atoms with Gasteiger partial charge >= 0.3 is 0 Å². The third-order valence-corrected chi connectivity index (χ3v) is 6.90. The number of ketones is 1. The molecule has 5 heteroatoms. The summed E-state index contributed by atoms with van der Waals surface area (Å²) in [6, 6.07) is 26.6. The molecule has 42 heavy (non-hydrogen) atoms. The van der Waals surface area contributed by atoms with Crippen LogP contribution in [0.2, 0.25) is 0 Å². The summed E-state index contributed by atoms with van der Waals surface area (Å²) < 4.78 is 11.9. The van der Waals surface area contributed by atoms with Crippen molar-refractivity contribution in [2.75, 3.05) is 6.61 Å². The number of rotatable bonds is 14. The summed E-state index contributed by atoms with van der Waals surface area (Å²) in [6.45, 7) is 8.11. The van der Waals surface area contributed by atoms with E-state index in [0.717, 1.165) is 28.3 Å². The minimum atomic E-state index is -0.237. The highest BCUT2D eigenvalue weighted by Gasteiger charge is 2.18. The molecule has 0 spiro atoms. The van der Waals surface area contributed by atoms with Crippen LogP contribution in [0.4, 0.5) is 0 Å². The Balaban J connectivity index is 1.36. The lowest BCUT2D eigenvalue weighted by Gasteiger charge is -2.16. The normalized spacial score (nSPS) is 12.6. The van der Waals surface area contributed by atoms with Crippen LogP contribution in [-0.4, -0.2) is 22.5 Å². The lowest BCUT2D eigenvalue weighted by Crippen LogP contribution is -2.11. The first-order valence-electron chi connectivity index (χ1n) is 14.2. The lowest BCUT2D eigenvalue weighted by atomic mass is 9.89. The van der Waals surface area contributed by atoms with Crippen LogP contribution in [0.1, 0.15) is 46.3 Å². The summed E-state index contributed by atoms with van der Waals surface area (Å²) in [5.41, 5.74) is 3.98. The molecular weight excluding hydrogens is 522 g/mol. The van der Waals surface area contributed by atoms with Gasteiger partial charge in [0.25, 0.3) is 0 Å². The van der Waals surface area contributed by atoms with Crippen molar-refractivity contribution in [3.63, 3.8) is 0 Å². The van der Waals surface area contributed by atoms with Crippen LogP contribution in [0.5, 0.6) is 0 Å². The maximum absolute atomic E-state index is 13.1. The Hall–Kier alpha value is -4.90. The van der Waals surface area contributed by atoms with E-state index in [2.05, 4.69) is 11.6 Å². The number of aliphatic hydroxyl groups excluding tert-OH is 1. The van der Waals surface area contributed by atoms with E-state index in [1.807, 2.05) is 129 Å². The molecule has 1 aromatic heterocycles. The van der Waals surface area contributed by atoms with Gasteiger partial charge in [0.2, 0.25) is 5.89 Å². The van der Waals surface area contributed by atoms with Gasteiger partial charge in [-0.2, -0.15) is 0 Å². The summed E-state index contributed by atoms with van der Waals surface area (Å²) in [5, 5.41) is 10.4. The summed E-state index contributed by atoms with van der Waals surface area (Å²) in [5.74, 6) is 1.94. The third-order valence-electron chi connectivity index (χ3n) is 6.90. The molecule has 214 valence electrons. The van der Waals surface area contributed by atoms with Crippen LogP contribution in [0, 0.1) is 12.8 Å². The second-order valence-corrected chi connectivity index (χ2v) is 9.96. The van der Waals surface area contributed by atoms with Gasteiger partial charge in [-0.05, 0) is 56.5 Å². The first-order valence-corrected chi connectivity index (χ1v) is 14.2. The Morgan fingerprint density at radius 2 is 1.71 bits per heavy atom.